The second-order valence-corrected chi connectivity index (χ2v) is 9.51. The fraction of sp³-hybridized carbons (Fsp3) is 0.720. The van der Waals surface area contributed by atoms with Crippen molar-refractivity contribution in [3.8, 4) is 5.75 Å². The Morgan fingerprint density at radius 1 is 1.06 bits per heavy atom. The number of ether oxygens (including phenoxy) is 1. The average molecular weight is 556 g/mol. The number of guanidine groups is 1. The van der Waals surface area contributed by atoms with Crippen LogP contribution in [0.2, 0.25) is 0 Å². The first-order valence-corrected chi connectivity index (χ1v) is 12.3. The van der Waals surface area contributed by atoms with Gasteiger partial charge in [-0.15, -0.1) is 24.0 Å². The molecule has 1 aromatic carbocycles. The van der Waals surface area contributed by atoms with Crippen LogP contribution in [0.3, 0.4) is 0 Å². The predicted molar refractivity (Wildman–Crippen MR) is 143 cm³/mol. The van der Waals surface area contributed by atoms with Gasteiger partial charge in [0.15, 0.2) is 5.96 Å². The summed E-state index contributed by atoms with van der Waals surface area (Å²) in [5, 5.41) is 7.23. The lowest BCUT2D eigenvalue weighted by Gasteiger charge is -2.39. The van der Waals surface area contributed by atoms with Gasteiger partial charge in [-0.3, -0.25) is 9.89 Å². The standard InChI is InChI=1S/C25H41N5O.HI/c1-4-26-25(28-21-13-16-30(17-14-21)22-9-10-22)27-18-20-6-5-15-29(2)24(20)19-7-11-23(31-3)12-8-19;/h7-8,11-12,20-22,24H,4-6,9-10,13-18H2,1-3H3,(H2,26,27,28);1H. The molecule has 2 N–H and O–H groups in total. The molecule has 2 unspecified atom stereocenters. The summed E-state index contributed by atoms with van der Waals surface area (Å²) >= 11 is 0. The minimum atomic E-state index is 0. The third-order valence-electron chi connectivity index (χ3n) is 7.23. The highest BCUT2D eigenvalue weighted by atomic mass is 127. The number of nitrogens with zero attached hydrogens (tertiary/aromatic N) is 3. The van der Waals surface area contributed by atoms with Crippen molar-refractivity contribution in [1.82, 2.24) is 20.4 Å². The number of hydrogen-bond donors (Lipinski definition) is 2. The van der Waals surface area contributed by atoms with Crippen molar-refractivity contribution in [3.05, 3.63) is 29.8 Å². The van der Waals surface area contributed by atoms with Crippen molar-refractivity contribution in [3.63, 3.8) is 0 Å². The number of rotatable bonds is 7. The number of nitrogens with one attached hydrogen (secondary N) is 2. The molecule has 3 fully saturated rings. The van der Waals surface area contributed by atoms with Crippen molar-refractivity contribution in [2.45, 2.75) is 63.6 Å². The fourth-order valence-electron chi connectivity index (χ4n) is 5.35. The zero-order valence-electron chi connectivity index (χ0n) is 20.1. The van der Waals surface area contributed by atoms with Crippen LogP contribution in [0.5, 0.6) is 5.75 Å². The van der Waals surface area contributed by atoms with E-state index in [2.05, 4.69) is 58.7 Å². The summed E-state index contributed by atoms with van der Waals surface area (Å²) in [5.41, 5.74) is 1.37. The molecule has 1 saturated carbocycles. The second-order valence-electron chi connectivity index (χ2n) is 9.51. The molecule has 1 aliphatic carbocycles. The Labute approximate surface area is 211 Å². The first-order valence-electron chi connectivity index (χ1n) is 12.3. The monoisotopic (exact) mass is 555 g/mol. The molecule has 2 saturated heterocycles. The Balaban J connectivity index is 0.00000289. The molecule has 180 valence electrons. The van der Waals surface area contributed by atoms with Crippen LogP contribution in [0.4, 0.5) is 0 Å². The highest BCUT2D eigenvalue weighted by molar-refractivity contribution is 14.0. The normalized spacial score (nSPS) is 25.8. The Kier molecular flexibility index (Phi) is 9.92. The molecular formula is C25H42IN5O. The van der Waals surface area contributed by atoms with E-state index in [1.165, 1.54) is 57.2 Å². The molecule has 2 aliphatic heterocycles. The predicted octanol–water partition coefficient (Wildman–Crippen LogP) is 3.88. The van der Waals surface area contributed by atoms with Crippen LogP contribution in [-0.2, 0) is 0 Å². The van der Waals surface area contributed by atoms with E-state index in [-0.39, 0.29) is 24.0 Å². The molecule has 0 bridgehead atoms. The highest BCUT2D eigenvalue weighted by Gasteiger charge is 2.32. The molecule has 2 heterocycles. The minimum absolute atomic E-state index is 0. The first kappa shape index (κ1) is 25.6. The van der Waals surface area contributed by atoms with Crippen molar-refractivity contribution < 1.29 is 4.74 Å². The highest BCUT2D eigenvalue weighted by Crippen LogP contribution is 2.36. The summed E-state index contributed by atoms with van der Waals surface area (Å²) in [6.07, 6.45) is 7.74. The Bertz CT molecular complexity index is 716. The number of hydrogen-bond acceptors (Lipinski definition) is 4. The van der Waals surface area contributed by atoms with Gasteiger partial charge in [-0.25, -0.2) is 0 Å². The van der Waals surface area contributed by atoms with Crippen molar-refractivity contribution >= 4 is 29.9 Å². The summed E-state index contributed by atoms with van der Waals surface area (Å²) in [7, 11) is 3.98. The van der Waals surface area contributed by atoms with Crippen LogP contribution < -0.4 is 15.4 Å². The number of halogens is 1. The van der Waals surface area contributed by atoms with E-state index in [4.69, 9.17) is 9.73 Å². The van der Waals surface area contributed by atoms with Crippen LogP contribution in [0, 0.1) is 5.92 Å². The molecule has 2 atom stereocenters. The number of methoxy groups -OCH3 is 1. The Morgan fingerprint density at radius 3 is 2.41 bits per heavy atom. The summed E-state index contributed by atoms with van der Waals surface area (Å²) in [4.78, 5) is 10.3. The molecule has 0 radical (unpaired) electrons. The molecule has 0 spiro atoms. The zero-order valence-corrected chi connectivity index (χ0v) is 22.4. The van der Waals surface area contributed by atoms with Gasteiger partial charge in [0, 0.05) is 44.3 Å². The maximum atomic E-state index is 5.36. The molecule has 7 heteroatoms. The summed E-state index contributed by atoms with van der Waals surface area (Å²) in [5.74, 6) is 2.44. The number of aliphatic imine (C=N–C) groups is 1. The second kappa shape index (κ2) is 12.4. The molecular weight excluding hydrogens is 513 g/mol. The SMILES string of the molecule is CCNC(=NCC1CCCN(C)C1c1ccc(OC)cc1)NC1CCN(C2CC2)CC1.I. The largest absolute Gasteiger partial charge is 0.497 e. The van der Waals surface area contributed by atoms with E-state index >= 15 is 0 Å². The number of likely N-dealkylation sites (tertiary alicyclic amines) is 2. The number of benzene rings is 1. The van der Waals surface area contributed by atoms with Gasteiger partial charge in [0.1, 0.15) is 5.75 Å². The number of piperidine rings is 2. The Morgan fingerprint density at radius 2 is 1.78 bits per heavy atom. The van der Waals surface area contributed by atoms with E-state index in [1.54, 1.807) is 7.11 Å². The van der Waals surface area contributed by atoms with Gasteiger partial charge in [-0.2, -0.15) is 0 Å². The lowest BCUT2D eigenvalue weighted by Crippen LogP contribution is -2.49. The van der Waals surface area contributed by atoms with Gasteiger partial charge in [0.05, 0.1) is 7.11 Å². The van der Waals surface area contributed by atoms with E-state index < -0.39 is 0 Å². The molecule has 1 aromatic rings. The van der Waals surface area contributed by atoms with E-state index in [0.717, 1.165) is 37.4 Å². The summed E-state index contributed by atoms with van der Waals surface area (Å²) in [6, 6.07) is 10.4. The maximum Gasteiger partial charge on any atom is 0.191 e. The summed E-state index contributed by atoms with van der Waals surface area (Å²) < 4.78 is 5.36. The van der Waals surface area contributed by atoms with Gasteiger partial charge < -0.3 is 20.3 Å². The van der Waals surface area contributed by atoms with Gasteiger partial charge in [-0.1, -0.05) is 12.1 Å². The minimum Gasteiger partial charge on any atom is -0.497 e. The quantitative estimate of drug-likeness (QED) is 0.304. The van der Waals surface area contributed by atoms with Crippen molar-refractivity contribution in [1.29, 1.82) is 0 Å². The van der Waals surface area contributed by atoms with Gasteiger partial charge in [-0.05, 0) is 82.7 Å². The van der Waals surface area contributed by atoms with Gasteiger partial charge in [0.2, 0.25) is 0 Å². The first-order chi connectivity index (χ1) is 15.2. The smallest absolute Gasteiger partial charge is 0.191 e. The topological polar surface area (TPSA) is 52.1 Å². The molecule has 0 amide bonds. The van der Waals surface area contributed by atoms with Crippen LogP contribution in [-0.4, -0.2) is 74.7 Å². The van der Waals surface area contributed by atoms with E-state index in [0.29, 0.717) is 18.0 Å². The molecule has 6 nitrogen and oxygen atoms in total. The van der Waals surface area contributed by atoms with Crippen LogP contribution in [0.1, 0.15) is 57.1 Å². The Hall–Kier alpha value is -1.06. The van der Waals surface area contributed by atoms with Crippen LogP contribution in [0.15, 0.2) is 29.3 Å². The lowest BCUT2D eigenvalue weighted by molar-refractivity contribution is 0.125. The van der Waals surface area contributed by atoms with Gasteiger partial charge in [0.25, 0.3) is 0 Å². The fourth-order valence-corrected chi connectivity index (χ4v) is 5.35. The molecule has 3 aliphatic rings. The van der Waals surface area contributed by atoms with Gasteiger partial charge >= 0.3 is 0 Å². The van der Waals surface area contributed by atoms with Crippen LogP contribution >= 0.6 is 24.0 Å². The third kappa shape index (κ3) is 6.73. The summed E-state index contributed by atoms with van der Waals surface area (Å²) in [6.45, 7) is 7.52. The van der Waals surface area contributed by atoms with E-state index in [9.17, 15) is 0 Å². The molecule has 0 aromatic heterocycles. The third-order valence-corrected chi connectivity index (χ3v) is 7.23. The van der Waals surface area contributed by atoms with Crippen LogP contribution in [0.25, 0.3) is 0 Å². The van der Waals surface area contributed by atoms with Crippen molar-refractivity contribution in [2.75, 3.05) is 46.9 Å². The molecule has 32 heavy (non-hydrogen) atoms. The lowest BCUT2D eigenvalue weighted by atomic mass is 9.85. The average Bonchev–Trinajstić information content (AvgIpc) is 3.64. The maximum absolute atomic E-state index is 5.36. The van der Waals surface area contributed by atoms with E-state index in [1.807, 2.05) is 0 Å². The molecule has 4 rings (SSSR count). The van der Waals surface area contributed by atoms with Crippen molar-refractivity contribution in [2.24, 2.45) is 10.9 Å². The zero-order chi connectivity index (χ0) is 21.6.